The van der Waals surface area contributed by atoms with Crippen molar-refractivity contribution >= 4 is 16.8 Å². The molecule has 262 valence electrons. The number of carbonyl (C=O) groups is 1. The van der Waals surface area contributed by atoms with E-state index in [2.05, 4.69) is 0 Å². The van der Waals surface area contributed by atoms with E-state index in [-0.39, 0.29) is 68.6 Å². The van der Waals surface area contributed by atoms with E-state index in [4.69, 9.17) is 4.42 Å². The van der Waals surface area contributed by atoms with E-state index in [1.54, 1.807) is 6.08 Å². The van der Waals surface area contributed by atoms with Crippen molar-refractivity contribution in [3.8, 4) is 57.3 Å². The Labute approximate surface area is 291 Å². The minimum absolute atomic E-state index is 0.0713. The fourth-order valence-corrected chi connectivity index (χ4v) is 6.98. The van der Waals surface area contributed by atoms with Crippen molar-refractivity contribution in [3.63, 3.8) is 0 Å². The van der Waals surface area contributed by atoms with Gasteiger partial charge >= 0.3 is 0 Å². The number of phenols is 8. The molecule has 1 aromatic heterocycles. The smallest absolute Gasteiger partial charge is 0.197 e. The first-order valence-electron chi connectivity index (χ1n) is 16.2. The first-order valence-corrected chi connectivity index (χ1v) is 16.2. The molecule has 0 aliphatic heterocycles. The summed E-state index contributed by atoms with van der Waals surface area (Å²) in [5.41, 5.74) is 0.981. The summed E-state index contributed by atoms with van der Waals surface area (Å²) < 4.78 is 5.87. The molecule has 0 saturated carbocycles. The first kappa shape index (κ1) is 34.5. The Hall–Kier alpha value is -6.36. The van der Waals surface area contributed by atoms with Crippen molar-refractivity contribution in [2.45, 2.75) is 44.9 Å². The van der Waals surface area contributed by atoms with Gasteiger partial charge in [-0.1, -0.05) is 29.4 Å². The third kappa shape index (κ3) is 6.65. The van der Waals surface area contributed by atoms with E-state index in [9.17, 15) is 50.4 Å². The molecule has 1 aliphatic rings. The van der Waals surface area contributed by atoms with Crippen LogP contribution < -0.4 is 5.43 Å². The number of Topliss-reactive ketones (excluding diaryl/α,β-unsaturated/α-hetero) is 1. The quantitative estimate of drug-likeness (QED) is 0.0588. The molecule has 1 heterocycles. The highest BCUT2D eigenvalue weighted by Crippen LogP contribution is 2.54. The lowest BCUT2D eigenvalue weighted by atomic mass is 9.64. The molecule has 5 aromatic rings. The molecule has 0 radical (unpaired) electrons. The Kier molecular flexibility index (Phi) is 9.14. The molecule has 51 heavy (non-hydrogen) atoms. The van der Waals surface area contributed by atoms with Gasteiger partial charge in [-0.05, 0) is 69.0 Å². The van der Waals surface area contributed by atoms with Crippen LogP contribution in [0.5, 0.6) is 46.0 Å². The molecule has 3 atom stereocenters. The van der Waals surface area contributed by atoms with Crippen molar-refractivity contribution in [1.82, 2.24) is 0 Å². The summed E-state index contributed by atoms with van der Waals surface area (Å²) in [4.78, 5) is 28.2. The molecule has 0 bridgehead atoms. The third-order valence-electron chi connectivity index (χ3n) is 9.29. The van der Waals surface area contributed by atoms with Gasteiger partial charge in [0.25, 0.3) is 0 Å². The van der Waals surface area contributed by atoms with Crippen LogP contribution in [0.3, 0.4) is 0 Å². The fraction of sp³-hybridized carbons (Fsp3) is 0.200. The molecule has 0 fully saturated rings. The Morgan fingerprint density at radius 2 is 1.43 bits per heavy atom. The second kappa shape index (κ2) is 13.5. The Morgan fingerprint density at radius 1 is 0.784 bits per heavy atom. The maximum Gasteiger partial charge on any atom is 0.197 e. The number of ketones is 1. The second-order valence-electron chi connectivity index (χ2n) is 13.0. The summed E-state index contributed by atoms with van der Waals surface area (Å²) in [6.07, 6.45) is 5.17. The van der Waals surface area contributed by atoms with Crippen LogP contribution in [0.15, 0.2) is 99.2 Å². The molecular weight excluding hydrogens is 656 g/mol. The SMILES string of the molecule is CC(C)=CCCC1=C[C@H](c2c(O)cc3oc(-c4ccc(O)cc4O)cc(=O)c3c2O)[C@@H](C(=O)c2ccc(O)cc2O)[C@H](c2ccc(O)cc2O)C1. The predicted octanol–water partition coefficient (Wildman–Crippen LogP) is 7.55. The number of benzene rings is 4. The van der Waals surface area contributed by atoms with Crippen LogP contribution in [0.1, 0.15) is 66.4 Å². The number of hydrogen-bond acceptors (Lipinski definition) is 11. The van der Waals surface area contributed by atoms with Gasteiger partial charge in [-0.25, -0.2) is 0 Å². The average molecular weight is 693 g/mol. The predicted molar refractivity (Wildman–Crippen MR) is 189 cm³/mol. The highest BCUT2D eigenvalue weighted by molar-refractivity contribution is 6.02. The summed E-state index contributed by atoms with van der Waals surface area (Å²) in [5, 5.41) is 85.1. The van der Waals surface area contributed by atoms with Crippen molar-refractivity contribution in [2.24, 2.45) is 5.92 Å². The fourth-order valence-electron chi connectivity index (χ4n) is 6.98. The van der Waals surface area contributed by atoms with Crippen molar-refractivity contribution in [1.29, 1.82) is 0 Å². The number of aromatic hydroxyl groups is 8. The third-order valence-corrected chi connectivity index (χ3v) is 9.29. The van der Waals surface area contributed by atoms with Gasteiger partial charge in [0.2, 0.25) is 0 Å². The lowest BCUT2D eigenvalue weighted by Gasteiger charge is -2.38. The van der Waals surface area contributed by atoms with Crippen LogP contribution in [0, 0.1) is 5.92 Å². The van der Waals surface area contributed by atoms with Gasteiger partial charge in [0, 0.05) is 53.6 Å². The van der Waals surface area contributed by atoms with E-state index < -0.39 is 46.2 Å². The van der Waals surface area contributed by atoms with E-state index in [0.29, 0.717) is 18.4 Å². The molecule has 0 spiro atoms. The molecule has 11 heteroatoms. The standard InChI is InChI=1S/C40H36O11/c1-19(2)4-3-5-20-12-27(24-9-6-21(41)14-29(24)44)36(39(49)26-11-8-23(43)16-31(26)46)28(13-20)37-32(47)18-35-38(40(37)50)33(48)17-34(51-35)25-10-7-22(42)15-30(25)45/h4,6-11,13-18,27-28,36,41-47,50H,3,5,12H2,1-2H3/t27-,28-,36-/m0/s1. The Balaban J connectivity index is 1.60. The summed E-state index contributed by atoms with van der Waals surface area (Å²) in [7, 11) is 0. The molecule has 11 nitrogen and oxygen atoms in total. The molecule has 0 unspecified atom stereocenters. The molecule has 1 aliphatic carbocycles. The maximum atomic E-state index is 14.6. The van der Waals surface area contributed by atoms with E-state index in [0.717, 1.165) is 41.5 Å². The zero-order chi connectivity index (χ0) is 36.7. The lowest BCUT2D eigenvalue weighted by Crippen LogP contribution is -2.32. The monoisotopic (exact) mass is 692 g/mol. The van der Waals surface area contributed by atoms with Crippen molar-refractivity contribution in [2.75, 3.05) is 0 Å². The van der Waals surface area contributed by atoms with Gasteiger partial charge in [0.05, 0.1) is 11.1 Å². The molecule has 4 aromatic carbocycles. The van der Waals surface area contributed by atoms with Crippen LogP contribution in [0.2, 0.25) is 0 Å². The first-order chi connectivity index (χ1) is 24.2. The summed E-state index contributed by atoms with van der Waals surface area (Å²) in [6, 6.07) is 13.3. The number of fused-ring (bicyclic) bond motifs is 1. The largest absolute Gasteiger partial charge is 0.508 e. The molecule has 8 N–H and O–H groups in total. The minimum atomic E-state index is -1.21. The topological polar surface area (TPSA) is 209 Å². The Morgan fingerprint density at radius 3 is 2.08 bits per heavy atom. The van der Waals surface area contributed by atoms with Crippen LogP contribution in [-0.2, 0) is 0 Å². The van der Waals surface area contributed by atoms with Gasteiger partial charge in [-0.2, -0.15) is 0 Å². The summed E-state index contributed by atoms with van der Waals surface area (Å²) in [6.45, 7) is 3.92. The van der Waals surface area contributed by atoms with Gasteiger partial charge < -0.3 is 45.3 Å². The minimum Gasteiger partial charge on any atom is -0.508 e. The van der Waals surface area contributed by atoms with Crippen molar-refractivity contribution in [3.05, 3.63) is 117 Å². The lowest BCUT2D eigenvalue weighted by molar-refractivity contribution is 0.0876. The molecule has 0 saturated heterocycles. The van der Waals surface area contributed by atoms with Gasteiger partial charge in [-0.15, -0.1) is 0 Å². The number of phenolic OH excluding ortho intramolecular Hbond substituents is 8. The maximum absolute atomic E-state index is 14.6. The van der Waals surface area contributed by atoms with Gasteiger partial charge in [-0.3, -0.25) is 9.59 Å². The normalized spacial score (nSPS) is 17.2. The zero-order valence-electron chi connectivity index (χ0n) is 27.7. The van der Waals surface area contributed by atoms with Crippen LogP contribution in [0.4, 0.5) is 0 Å². The van der Waals surface area contributed by atoms with E-state index in [1.807, 2.05) is 19.9 Å². The Bertz CT molecular complexity index is 2310. The summed E-state index contributed by atoms with van der Waals surface area (Å²) >= 11 is 0. The molecule has 0 amide bonds. The van der Waals surface area contributed by atoms with E-state index in [1.165, 1.54) is 36.4 Å². The van der Waals surface area contributed by atoms with Crippen LogP contribution >= 0.6 is 0 Å². The zero-order valence-corrected chi connectivity index (χ0v) is 27.7. The highest BCUT2D eigenvalue weighted by atomic mass is 16.3. The van der Waals surface area contributed by atoms with Gasteiger partial charge in [0.15, 0.2) is 11.2 Å². The number of carbonyl (C=O) groups excluding carboxylic acids is 1. The highest BCUT2D eigenvalue weighted by Gasteiger charge is 2.44. The van der Waals surface area contributed by atoms with Gasteiger partial charge in [0.1, 0.15) is 62.7 Å². The molecule has 6 rings (SSSR count). The number of hydrogen-bond donors (Lipinski definition) is 8. The number of rotatable bonds is 8. The van der Waals surface area contributed by atoms with Crippen molar-refractivity contribution < 1.29 is 50.1 Å². The van der Waals surface area contributed by atoms with Crippen LogP contribution in [0.25, 0.3) is 22.3 Å². The van der Waals surface area contributed by atoms with Crippen LogP contribution in [-0.4, -0.2) is 46.6 Å². The summed E-state index contributed by atoms with van der Waals surface area (Å²) in [5.74, 6) is -6.99. The second-order valence-corrected chi connectivity index (χ2v) is 13.0. The van der Waals surface area contributed by atoms with E-state index >= 15 is 0 Å². The molecular formula is C40H36O11. The average Bonchev–Trinajstić information content (AvgIpc) is 3.04. The number of allylic oxidation sites excluding steroid dienone is 4.